The van der Waals surface area contributed by atoms with Gasteiger partial charge in [0, 0.05) is 11.3 Å². The lowest BCUT2D eigenvalue weighted by Crippen LogP contribution is -2.36. The van der Waals surface area contributed by atoms with Crippen LogP contribution in [0.15, 0.2) is 162 Å². The fourth-order valence-electron chi connectivity index (χ4n) is 4.89. The first-order valence-electron chi connectivity index (χ1n) is 13.6. The minimum absolute atomic E-state index is 0.150. The number of rotatable bonds is 10. The lowest BCUT2D eigenvalue weighted by atomic mass is 10.2. The van der Waals surface area contributed by atoms with Gasteiger partial charge in [-0.1, -0.05) is 115 Å². The summed E-state index contributed by atoms with van der Waals surface area (Å²) in [5.41, 5.74) is 1.71. The van der Waals surface area contributed by atoms with Crippen molar-refractivity contribution in [2.45, 2.75) is 5.75 Å². The molecule has 1 amide bonds. The van der Waals surface area contributed by atoms with Gasteiger partial charge in [0.05, 0.1) is 7.11 Å². The first-order valence-corrected chi connectivity index (χ1v) is 16.3. The summed E-state index contributed by atoms with van der Waals surface area (Å²) < 4.78 is 6.15. The van der Waals surface area contributed by atoms with Crippen molar-refractivity contribution in [2.75, 3.05) is 7.11 Å². The molecule has 0 spiro atoms. The summed E-state index contributed by atoms with van der Waals surface area (Å²) in [4.78, 5) is 27.4. The summed E-state index contributed by atoms with van der Waals surface area (Å²) in [5, 5.41) is 6.20. The molecule has 0 atom stereocenters. The van der Waals surface area contributed by atoms with E-state index in [9.17, 15) is 9.59 Å². The fraction of sp³-hybridized carbons (Fsp3) is 0.0556. The maximum Gasteiger partial charge on any atom is 0.359 e. The summed E-state index contributed by atoms with van der Waals surface area (Å²) in [6, 6.07) is 49.9. The van der Waals surface area contributed by atoms with Gasteiger partial charge in [-0.05, 0) is 54.1 Å². The third kappa shape index (κ3) is 6.23. The molecule has 0 bridgehead atoms. The largest absolute Gasteiger partial charge is 0.464 e. The van der Waals surface area contributed by atoms with Gasteiger partial charge in [0.15, 0.2) is 17.6 Å². The van der Waals surface area contributed by atoms with Crippen LogP contribution in [0.1, 0.15) is 15.9 Å². The maximum atomic E-state index is 13.8. The van der Waals surface area contributed by atoms with Crippen LogP contribution in [0, 0.1) is 0 Å². The van der Waals surface area contributed by atoms with Gasteiger partial charge in [-0.15, -0.1) is 0 Å². The molecule has 4 nitrogen and oxygen atoms in total. The second-order valence-corrected chi connectivity index (χ2v) is 14.1. The minimum atomic E-state index is -2.74. The van der Waals surface area contributed by atoms with Gasteiger partial charge in [0.25, 0.3) is 5.91 Å². The van der Waals surface area contributed by atoms with Crippen LogP contribution in [-0.2, 0) is 15.3 Å². The van der Waals surface area contributed by atoms with Crippen molar-refractivity contribution in [3.63, 3.8) is 0 Å². The molecule has 5 aromatic rings. The Balaban J connectivity index is 1.85. The van der Waals surface area contributed by atoms with Crippen molar-refractivity contribution < 1.29 is 14.3 Å². The molecule has 0 saturated heterocycles. The number of esters is 1. The summed E-state index contributed by atoms with van der Waals surface area (Å²) in [6.45, 7) is 0. The molecule has 5 aromatic carbocycles. The van der Waals surface area contributed by atoms with Crippen molar-refractivity contribution in [3.05, 3.63) is 173 Å². The van der Waals surface area contributed by atoms with Crippen molar-refractivity contribution in [2.24, 2.45) is 0 Å². The van der Waals surface area contributed by atoms with E-state index in [0.29, 0.717) is 11.3 Å². The van der Waals surface area contributed by atoms with Crippen LogP contribution in [0.4, 0.5) is 0 Å². The van der Waals surface area contributed by atoms with Crippen LogP contribution in [0.5, 0.6) is 0 Å². The quantitative estimate of drug-likeness (QED) is 0.112. The van der Waals surface area contributed by atoms with E-state index < -0.39 is 13.2 Å². The van der Waals surface area contributed by atoms with Crippen molar-refractivity contribution >= 4 is 46.8 Å². The number of methoxy groups -OCH3 is 1. The molecular formula is C36H31NO3PS+. The van der Waals surface area contributed by atoms with Gasteiger partial charge in [-0.2, -0.15) is 0 Å². The smallest absolute Gasteiger partial charge is 0.359 e. The predicted molar refractivity (Wildman–Crippen MR) is 176 cm³/mol. The van der Waals surface area contributed by atoms with E-state index in [1.54, 1.807) is 36.0 Å². The molecule has 6 heteroatoms. The molecule has 42 heavy (non-hydrogen) atoms. The van der Waals surface area contributed by atoms with Crippen molar-refractivity contribution in [1.29, 1.82) is 0 Å². The third-order valence-corrected chi connectivity index (χ3v) is 13.0. The number of hydrogen-bond acceptors (Lipinski definition) is 4. The van der Waals surface area contributed by atoms with Gasteiger partial charge < -0.3 is 10.1 Å². The molecule has 0 heterocycles. The topological polar surface area (TPSA) is 55.4 Å². The highest BCUT2D eigenvalue weighted by Gasteiger charge is 2.52. The average molecular weight is 589 g/mol. The number of nitrogens with one attached hydrogen (secondary N) is 1. The number of benzene rings is 5. The normalized spacial score (nSPS) is 11.7. The lowest BCUT2D eigenvalue weighted by molar-refractivity contribution is -0.136. The van der Waals surface area contributed by atoms with Crippen LogP contribution in [-0.4, -0.2) is 19.0 Å². The summed E-state index contributed by atoms with van der Waals surface area (Å²) >= 11 is 1.57. The van der Waals surface area contributed by atoms with Gasteiger partial charge in [-0.3, -0.25) is 4.79 Å². The standard InChI is InChI=1S/C36H30NO3PS/c1-40-35(39)33(37-34(38)29-19-9-3-10-20-29)36(42-27-28-17-7-2-8-18-28)41(30-21-11-4-12-22-30,31-23-13-5-14-24-31)32-25-15-6-16-26-32/h2-26H,27H2,1H3/p+1/b36-33-. The SMILES string of the molecule is COC(=O)/C(NC(=O)c1ccccc1)=C(/SCc1ccccc1)[P+](c1ccccc1)(c1ccccc1)c1ccccc1. The van der Waals surface area contributed by atoms with Crippen LogP contribution in [0.2, 0.25) is 0 Å². The second-order valence-electron chi connectivity index (χ2n) is 9.44. The van der Waals surface area contributed by atoms with E-state index in [0.717, 1.165) is 26.1 Å². The zero-order chi connectivity index (χ0) is 29.2. The van der Waals surface area contributed by atoms with Crippen molar-refractivity contribution in [1.82, 2.24) is 5.32 Å². The fourth-order valence-corrected chi connectivity index (χ4v) is 11.5. The Morgan fingerprint density at radius 2 is 1.02 bits per heavy atom. The molecule has 0 aliphatic carbocycles. The number of thioether (sulfide) groups is 1. The maximum absolute atomic E-state index is 13.8. The van der Waals surface area contributed by atoms with E-state index in [-0.39, 0.29) is 11.6 Å². The first-order chi connectivity index (χ1) is 20.6. The van der Waals surface area contributed by atoms with Gasteiger partial charge in [0.2, 0.25) is 0 Å². The van der Waals surface area contributed by atoms with Crippen LogP contribution in [0.3, 0.4) is 0 Å². The highest BCUT2D eigenvalue weighted by atomic mass is 32.2. The van der Waals surface area contributed by atoms with Crippen LogP contribution in [0.25, 0.3) is 0 Å². The number of ether oxygens (including phenoxy) is 1. The Labute approximate surface area is 251 Å². The Kier molecular flexibility index (Phi) is 9.66. The lowest BCUT2D eigenvalue weighted by Gasteiger charge is -2.30. The Morgan fingerprint density at radius 1 is 0.619 bits per heavy atom. The molecule has 0 fully saturated rings. The van der Waals surface area contributed by atoms with E-state index in [4.69, 9.17) is 4.74 Å². The summed E-state index contributed by atoms with van der Waals surface area (Å²) in [5.74, 6) is -0.380. The van der Waals surface area contributed by atoms with Crippen LogP contribution < -0.4 is 21.2 Å². The molecule has 0 unspecified atom stereocenters. The van der Waals surface area contributed by atoms with Crippen LogP contribution >= 0.6 is 19.0 Å². The Morgan fingerprint density at radius 3 is 1.45 bits per heavy atom. The number of hydrogen-bond donors (Lipinski definition) is 1. The molecule has 0 saturated carbocycles. The summed E-state index contributed by atoms with van der Waals surface area (Å²) in [7, 11) is -1.39. The van der Waals surface area contributed by atoms with E-state index in [1.807, 2.05) is 78.9 Å². The molecule has 0 aromatic heterocycles. The highest BCUT2D eigenvalue weighted by Crippen LogP contribution is 2.67. The van der Waals surface area contributed by atoms with E-state index >= 15 is 0 Å². The second kappa shape index (κ2) is 14.0. The molecular weight excluding hydrogens is 557 g/mol. The van der Waals surface area contributed by atoms with E-state index in [2.05, 4.69) is 53.8 Å². The third-order valence-electron chi connectivity index (χ3n) is 6.83. The number of amides is 1. The molecule has 0 aliphatic heterocycles. The molecule has 5 rings (SSSR count). The predicted octanol–water partition coefficient (Wildman–Crippen LogP) is 6.69. The minimum Gasteiger partial charge on any atom is -0.464 e. The zero-order valence-electron chi connectivity index (χ0n) is 23.2. The van der Waals surface area contributed by atoms with Crippen molar-refractivity contribution in [3.8, 4) is 0 Å². The first kappa shape index (κ1) is 29.1. The van der Waals surface area contributed by atoms with E-state index in [1.165, 1.54) is 7.11 Å². The Hall–Kier alpha value is -4.44. The number of carbonyl (C=O) groups is 2. The number of carbonyl (C=O) groups excluding carboxylic acids is 2. The van der Waals surface area contributed by atoms with Gasteiger partial charge in [-0.25, -0.2) is 4.79 Å². The molecule has 208 valence electrons. The zero-order valence-corrected chi connectivity index (χ0v) is 24.9. The average Bonchev–Trinajstić information content (AvgIpc) is 3.07. The van der Waals surface area contributed by atoms with Gasteiger partial charge >= 0.3 is 5.97 Å². The van der Waals surface area contributed by atoms with Gasteiger partial charge in [0.1, 0.15) is 15.9 Å². The molecule has 0 radical (unpaired) electrons. The molecule has 1 N–H and O–H groups in total. The highest BCUT2D eigenvalue weighted by molar-refractivity contribution is 8.18. The Bertz CT molecular complexity index is 1550. The monoisotopic (exact) mass is 588 g/mol. The summed E-state index contributed by atoms with van der Waals surface area (Å²) in [6.07, 6.45) is 0. The molecule has 0 aliphatic rings.